The third-order valence-corrected chi connectivity index (χ3v) is 3.64. The van der Waals surface area contributed by atoms with Gasteiger partial charge in [-0.15, -0.1) is 23.2 Å². The van der Waals surface area contributed by atoms with E-state index in [4.69, 9.17) is 23.2 Å². The molecule has 0 saturated carbocycles. The molecule has 0 radical (unpaired) electrons. The third kappa shape index (κ3) is 2.03. The van der Waals surface area contributed by atoms with E-state index in [0.29, 0.717) is 5.92 Å². The molecule has 0 aromatic heterocycles. The summed E-state index contributed by atoms with van der Waals surface area (Å²) in [6.45, 7) is 10.0. The molecule has 0 heterocycles. The van der Waals surface area contributed by atoms with E-state index in [9.17, 15) is 0 Å². The first-order chi connectivity index (χ1) is 4.19. The molecule has 0 aliphatic carbocycles. The monoisotopic (exact) mass is 182 g/mol. The molecule has 0 amide bonds. The Labute approximate surface area is 73.9 Å². The van der Waals surface area contributed by atoms with Crippen LogP contribution in [-0.2, 0) is 0 Å². The molecule has 0 aliphatic heterocycles. The van der Waals surface area contributed by atoms with E-state index in [2.05, 4.69) is 13.8 Å². The highest BCUT2D eigenvalue weighted by Gasteiger charge is 2.40. The molecule has 0 saturated heterocycles. The van der Waals surface area contributed by atoms with E-state index >= 15 is 0 Å². The average Bonchev–Trinajstić information content (AvgIpc) is 1.62. The molecular weight excluding hydrogens is 167 g/mol. The smallest absolute Gasteiger partial charge is 0.0627 e. The van der Waals surface area contributed by atoms with Crippen LogP contribution in [0.25, 0.3) is 0 Å². The second-order valence-electron chi connectivity index (χ2n) is 3.70. The lowest BCUT2D eigenvalue weighted by Crippen LogP contribution is -2.42. The molecule has 0 spiro atoms. The molecule has 0 rings (SSSR count). The van der Waals surface area contributed by atoms with Gasteiger partial charge >= 0.3 is 0 Å². The number of hydrogen-bond donors (Lipinski definition) is 0. The highest BCUT2D eigenvalue weighted by atomic mass is 35.5. The normalized spacial score (nSPS) is 19.2. The maximum Gasteiger partial charge on any atom is 0.0627 e. The van der Waals surface area contributed by atoms with E-state index < -0.39 is 0 Å². The molecule has 0 aliphatic rings. The summed E-state index contributed by atoms with van der Waals surface area (Å²) in [4.78, 5) is -0.669. The van der Waals surface area contributed by atoms with Gasteiger partial charge in [-0.3, -0.25) is 0 Å². The van der Waals surface area contributed by atoms with E-state index in [1.807, 2.05) is 20.8 Å². The van der Waals surface area contributed by atoms with E-state index in [1.54, 1.807) is 0 Å². The van der Waals surface area contributed by atoms with Crippen LogP contribution in [0.1, 0.15) is 34.6 Å². The number of halogens is 2. The predicted octanol–water partition coefficient (Wildman–Crippen LogP) is 3.66. The van der Waals surface area contributed by atoms with Gasteiger partial charge in [0.2, 0.25) is 0 Å². The summed E-state index contributed by atoms with van der Waals surface area (Å²) in [5.74, 6) is 0.390. The van der Waals surface area contributed by atoms with Gasteiger partial charge in [0.1, 0.15) is 0 Å². The van der Waals surface area contributed by atoms with Gasteiger partial charge in [-0.1, -0.05) is 13.8 Å². The summed E-state index contributed by atoms with van der Waals surface area (Å²) in [6.07, 6.45) is 0. The van der Waals surface area contributed by atoms with E-state index in [0.717, 1.165) is 0 Å². The van der Waals surface area contributed by atoms with Crippen LogP contribution in [0.5, 0.6) is 0 Å². The SMILES string of the molecule is CC(C)C(C)(Cl)C(C)(C)Cl. The lowest BCUT2D eigenvalue weighted by Gasteiger charge is -2.37. The Morgan fingerprint density at radius 3 is 1.30 bits per heavy atom. The molecule has 1 atom stereocenters. The molecule has 0 bridgehead atoms. The molecule has 62 valence electrons. The molecular formula is C8H16Cl2. The fourth-order valence-electron chi connectivity index (χ4n) is 0.686. The van der Waals surface area contributed by atoms with Crippen molar-refractivity contribution in [1.82, 2.24) is 0 Å². The van der Waals surface area contributed by atoms with Crippen molar-refractivity contribution in [3.8, 4) is 0 Å². The molecule has 0 N–H and O–H groups in total. The van der Waals surface area contributed by atoms with Crippen molar-refractivity contribution in [1.29, 1.82) is 0 Å². The molecule has 2 heteroatoms. The van der Waals surface area contributed by atoms with Crippen molar-refractivity contribution in [2.45, 2.75) is 44.4 Å². The van der Waals surface area contributed by atoms with Crippen molar-refractivity contribution >= 4 is 23.2 Å². The topological polar surface area (TPSA) is 0 Å². The zero-order chi connectivity index (χ0) is 8.58. The van der Waals surface area contributed by atoms with Crippen LogP contribution < -0.4 is 0 Å². The van der Waals surface area contributed by atoms with E-state index in [1.165, 1.54) is 0 Å². The second-order valence-corrected chi connectivity index (χ2v) is 5.43. The highest BCUT2D eigenvalue weighted by Crippen LogP contribution is 2.40. The van der Waals surface area contributed by atoms with Gasteiger partial charge in [-0.2, -0.15) is 0 Å². The number of alkyl halides is 2. The van der Waals surface area contributed by atoms with Crippen LogP contribution in [0.2, 0.25) is 0 Å². The minimum absolute atomic E-state index is 0.325. The lowest BCUT2D eigenvalue weighted by molar-refractivity contribution is 0.376. The average molecular weight is 183 g/mol. The highest BCUT2D eigenvalue weighted by molar-refractivity contribution is 6.34. The Balaban J connectivity index is 4.40. The Morgan fingerprint density at radius 1 is 1.00 bits per heavy atom. The minimum Gasteiger partial charge on any atom is -0.118 e. The fraction of sp³-hybridized carbons (Fsp3) is 1.00. The Morgan fingerprint density at radius 2 is 1.30 bits per heavy atom. The maximum absolute atomic E-state index is 6.22. The van der Waals surface area contributed by atoms with Crippen molar-refractivity contribution in [3.05, 3.63) is 0 Å². The van der Waals surface area contributed by atoms with Crippen LogP contribution >= 0.6 is 23.2 Å². The molecule has 1 unspecified atom stereocenters. The third-order valence-electron chi connectivity index (χ3n) is 2.25. The fourth-order valence-corrected chi connectivity index (χ4v) is 0.905. The second kappa shape index (κ2) is 2.91. The van der Waals surface area contributed by atoms with Crippen LogP contribution in [0.3, 0.4) is 0 Å². The van der Waals surface area contributed by atoms with E-state index in [-0.39, 0.29) is 9.75 Å². The van der Waals surface area contributed by atoms with Gasteiger partial charge in [-0.05, 0) is 26.7 Å². The summed E-state index contributed by atoms with van der Waals surface area (Å²) in [5.41, 5.74) is 0. The first kappa shape index (κ1) is 10.6. The van der Waals surface area contributed by atoms with Crippen LogP contribution in [0.15, 0.2) is 0 Å². The zero-order valence-corrected chi connectivity index (χ0v) is 8.85. The van der Waals surface area contributed by atoms with Gasteiger partial charge in [0, 0.05) is 0 Å². The molecule has 0 fully saturated rings. The summed E-state index contributed by atoms with van der Waals surface area (Å²) in [5, 5.41) is 0. The first-order valence-corrected chi connectivity index (χ1v) is 4.33. The minimum atomic E-state index is -0.345. The Bertz CT molecular complexity index is 109. The molecule has 0 aromatic rings. The van der Waals surface area contributed by atoms with Crippen molar-refractivity contribution < 1.29 is 0 Å². The van der Waals surface area contributed by atoms with Crippen LogP contribution in [-0.4, -0.2) is 9.75 Å². The van der Waals surface area contributed by atoms with Crippen molar-refractivity contribution in [3.63, 3.8) is 0 Å². The standard InChI is InChI=1S/C8H16Cl2/c1-6(2)8(5,10)7(3,4)9/h6H,1-5H3. The van der Waals surface area contributed by atoms with Gasteiger partial charge in [0.25, 0.3) is 0 Å². The molecule has 0 aromatic carbocycles. The van der Waals surface area contributed by atoms with Crippen molar-refractivity contribution in [2.24, 2.45) is 5.92 Å². The summed E-state index contributed by atoms with van der Waals surface area (Å²) in [6, 6.07) is 0. The van der Waals surface area contributed by atoms with Gasteiger partial charge in [0.15, 0.2) is 0 Å². The van der Waals surface area contributed by atoms with Gasteiger partial charge in [0.05, 0.1) is 9.75 Å². The zero-order valence-electron chi connectivity index (χ0n) is 7.33. The van der Waals surface area contributed by atoms with Crippen LogP contribution in [0.4, 0.5) is 0 Å². The summed E-state index contributed by atoms with van der Waals surface area (Å²) >= 11 is 12.3. The van der Waals surface area contributed by atoms with Gasteiger partial charge < -0.3 is 0 Å². The Kier molecular flexibility index (Phi) is 3.07. The summed E-state index contributed by atoms with van der Waals surface area (Å²) in [7, 11) is 0. The molecule has 0 nitrogen and oxygen atoms in total. The number of rotatable bonds is 2. The lowest BCUT2D eigenvalue weighted by atomic mass is 9.86. The van der Waals surface area contributed by atoms with Crippen LogP contribution in [0, 0.1) is 5.92 Å². The Hall–Kier alpha value is 0.580. The first-order valence-electron chi connectivity index (χ1n) is 3.57. The quantitative estimate of drug-likeness (QED) is 0.573. The number of hydrogen-bond acceptors (Lipinski definition) is 0. The predicted molar refractivity (Wildman–Crippen MR) is 49.0 cm³/mol. The maximum atomic E-state index is 6.22. The van der Waals surface area contributed by atoms with Gasteiger partial charge in [-0.25, -0.2) is 0 Å². The van der Waals surface area contributed by atoms with Crippen molar-refractivity contribution in [2.75, 3.05) is 0 Å². The largest absolute Gasteiger partial charge is 0.118 e. The summed E-state index contributed by atoms with van der Waals surface area (Å²) < 4.78 is 0. The molecule has 10 heavy (non-hydrogen) atoms.